The van der Waals surface area contributed by atoms with Crippen LogP contribution in [0.15, 0.2) is 30.7 Å². The van der Waals surface area contributed by atoms with Gasteiger partial charge in [0.25, 0.3) is 6.43 Å². The Labute approximate surface area is 194 Å². The number of imidazole rings is 1. The molecule has 1 saturated carbocycles. The molecule has 0 radical (unpaired) electrons. The van der Waals surface area contributed by atoms with Crippen LogP contribution in [0.25, 0.3) is 27.8 Å². The monoisotopic (exact) mass is 468 g/mol. The highest BCUT2D eigenvalue weighted by Crippen LogP contribution is 2.30. The smallest absolute Gasteiger partial charge is 0.256 e. The first-order valence-electron chi connectivity index (χ1n) is 11.6. The molecule has 178 valence electrons. The van der Waals surface area contributed by atoms with E-state index in [-0.39, 0.29) is 0 Å². The molecule has 1 N–H and O–H groups in total. The van der Waals surface area contributed by atoms with Crippen molar-refractivity contribution in [1.29, 1.82) is 0 Å². The van der Waals surface area contributed by atoms with E-state index in [9.17, 15) is 8.78 Å². The molecular weight excluding hydrogens is 442 g/mol. The number of aryl methyl sites for hydroxylation is 1. The summed E-state index contributed by atoms with van der Waals surface area (Å²) < 4.78 is 34.9. The molecule has 0 aromatic carbocycles. The van der Waals surface area contributed by atoms with Gasteiger partial charge in [0.15, 0.2) is 5.65 Å². The second-order valence-corrected chi connectivity index (χ2v) is 8.98. The number of ether oxygens (including phenoxy) is 1. The predicted molar refractivity (Wildman–Crippen MR) is 123 cm³/mol. The van der Waals surface area contributed by atoms with Crippen molar-refractivity contribution in [2.75, 3.05) is 31.6 Å². The van der Waals surface area contributed by atoms with Crippen LogP contribution in [0.4, 0.5) is 14.7 Å². The molecule has 2 fully saturated rings. The second kappa shape index (κ2) is 8.55. The van der Waals surface area contributed by atoms with Crippen LogP contribution in [-0.4, -0.2) is 78.8 Å². The summed E-state index contributed by atoms with van der Waals surface area (Å²) in [7, 11) is 0. The Morgan fingerprint density at radius 2 is 1.97 bits per heavy atom. The Bertz CT molecular complexity index is 1320. The van der Waals surface area contributed by atoms with Gasteiger partial charge in [-0.15, -0.1) is 5.10 Å². The lowest BCUT2D eigenvalue weighted by molar-refractivity contribution is -0.00443. The summed E-state index contributed by atoms with van der Waals surface area (Å²) in [6, 6.07) is 4.76. The minimum absolute atomic E-state index is 0.366. The van der Waals surface area contributed by atoms with Crippen LogP contribution in [0.1, 0.15) is 18.7 Å². The number of hydrogen-bond acceptors (Lipinski definition) is 7. The van der Waals surface area contributed by atoms with Crippen LogP contribution >= 0.6 is 0 Å². The van der Waals surface area contributed by atoms with Gasteiger partial charge in [-0.3, -0.25) is 4.90 Å². The molecule has 1 aliphatic heterocycles. The molecule has 0 unspecified atom stereocenters. The fraction of sp³-hybridized carbons (Fsp3) is 0.478. The summed E-state index contributed by atoms with van der Waals surface area (Å²) in [5.74, 6) is 1.12. The molecule has 0 spiro atoms. The molecule has 4 aromatic heterocycles. The summed E-state index contributed by atoms with van der Waals surface area (Å²) in [6.07, 6.45) is 5.07. The van der Waals surface area contributed by atoms with Crippen molar-refractivity contribution in [3.63, 3.8) is 0 Å². The van der Waals surface area contributed by atoms with Crippen LogP contribution in [0.5, 0.6) is 0 Å². The van der Waals surface area contributed by atoms with Gasteiger partial charge in [-0.1, -0.05) is 0 Å². The zero-order valence-electron chi connectivity index (χ0n) is 18.9. The lowest BCUT2D eigenvalue weighted by atomic mass is 9.85. The van der Waals surface area contributed by atoms with Gasteiger partial charge in [-0.2, -0.15) is 0 Å². The Hall–Kier alpha value is -3.18. The lowest BCUT2D eigenvalue weighted by Gasteiger charge is -2.44. The van der Waals surface area contributed by atoms with Crippen molar-refractivity contribution >= 4 is 22.6 Å². The summed E-state index contributed by atoms with van der Waals surface area (Å²) in [6.45, 7) is 4.97. The molecule has 1 saturated heterocycles. The van der Waals surface area contributed by atoms with Gasteiger partial charge in [-0.05, 0) is 31.9 Å². The first-order valence-corrected chi connectivity index (χ1v) is 11.6. The van der Waals surface area contributed by atoms with Gasteiger partial charge in [0, 0.05) is 48.7 Å². The van der Waals surface area contributed by atoms with Gasteiger partial charge in [-0.25, -0.2) is 28.2 Å². The SMILES string of the molecule is Cc1nc2ncc(-c3ccn4nc(N[C@H]5C[C@@H](N6CCOCC6)C5)ncc34)cc2n1CC(F)F. The Morgan fingerprint density at radius 3 is 2.76 bits per heavy atom. The highest BCUT2D eigenvalue weighted by molar-refractivity contribution is 5.85. The molecule has 4 aromatic rings. The highest BCUT2D eigenvalue weighted by Gasteiger charge is 2.34. The van der Waals surface area contributed by atoms with Crippen LogP contribution in [0.2, 0.25) is 0 Å². The van der Waals surface area contributed by atoms with Gasteiger partial charge in [0.2, 0.25) is 5.95 Å². The molecule has 0 atom stereocenters. The highest BCUT2D eigenvalue weighted by atomic mass is 19.3. The number of rotatable bonds is 6. The van der Waals surface area contributed by atoms with Crippen molar-refractivity contribution < 1.29 is 13.5 Å². The molecule has 34 heavy (non-hydrogen) atoms. The number of halogens is 2. The molecule has 0 bridgehead atoms. The molecule has 0 amide bonds. The number of anilines is 1. The minimum atomic E-state index is -2.46. The second-order valence-electron chi connectivity index (χ2n) is 8.98. The molecule has 1 aliphatic carbocycles. The molecular formula is C23H26F2N8O. The Balaban J connectivity index is 1.20. The molecule has 6 rings (SSSR count). The van der Waals surface area contributed by atoms with Crippen LogP contribution in [0, 0.1) is 6.92 Å². The largest absolute Gasteiger partial charge is 0.379 e. The van der Waals surface area contributed by atoms with Crippen molar-refractivity contribution in [3.05, 3.63) is 36.5 Å². The first kappa shape index (κ1) is 21.4. The van der Waals surface area contributed by atoms with E-state index in [4.69, 9.17) is 4.74 Å². The number of hydrogen-bond donors (Lipinski definition) is 1. The van der Waals surface area contributed by atoms with E-state index in [0.29, 0.717) is 35.0 Å². The van der Waals surface area contributed by atoms with E-state index in [0.717, 1.165) is 55.8 Å². The fourth-order valence-electron chi connectivity index (χ4n) is 4.97. The number of morpholine rings is 1. The van der Waals surface area contributed by atoms with Gasteiger partial charge < -0.3 is 14.6 Å². The van der Waals surface area contributed by atoms with Gasteiger partial charge in [0.05, 0.1) is 37.0 Å². The normalized spacial score (nSPS) is 21.4. The fourth-order valence-corrected chi connectivity index (χ4v) is 4.97. The van der Waals surface area contributed by atoms with Crippen molar-refractivity contribution in [1.82, 2.24) is 34.0 Å². The van der Waals surface area contributed by atoms with Gasteiger partial charge in [0.1, 0.15) is 5.82 Å². The number of alkyl halides is 2. The van der Waals surface area contributed by atoms with Crippen LogP contribution in [0.3, 0.4) is 0 Å². The summed E-state index contributed by atoms with van der Waals surface area (Å²) in [5.41, 5.74) is 3.57. The van der Waals surface area contributed by atoms with Crippen molar-refractivity contribution in [2.24, 2.45) is 0 Å². The standard InChI is InChI=1S/C23H26F2N8O/c1-14-28-22-19(32(14)13-21(24)25)8-15(11-26-22)18-2-3-33-20(18)12-27-23(30-33)29-16-9-17(10-16)31-4-6-34-7-5-31/h2-3,8,11-12,16-17,21H,4-7,9-10,13H2,1H3,(H,29,30)/t16-,17+. The average molecular weight is 469 g/mol. The van der Waals surface area contributed by atoms with E-state index in [2.05, 4.69) is 30.3 Å². The Kier molecular flexibility index (Phi) is 5.37. The number of nitrogens with zero attached hydrogens (tertiary/aromatic N) is 7. The Morgan fingerprint density at radius 1 is 1.15 bits per heavy atom. The first-order chi connectivity index (χ1) is 16.5. The third kappa shape index (κ3) is 3.88. The summed E-state index contributed by atoms with van der Waals surface area (Å²) in [4.78, 5) is 15.8. The summed E-state index contributed by atoms with van der Waals surface area (Å²) >= 11 is 0. The van der Waals surface area contributed by atoms with E-state index in [1.54, 1.807) is 23.8 Å². The lowest BCUT2D eigenvalue weighted by Crippen LogP contribution is -2.53. The number of pyridine rings is 1. The summed E-state index contributed by atoms with van der Waals surface area (Å²) in [5, 5.41) is 8.07. The van der Waals surface area contributed by atoms with Crippen molar-refractivity contribution in [2.45, 2.75) is 44.8 Å². The predicted octanol–water partition coefficient (Wildman–Crippen LogP) is 2.99. The minimum Gasteiger partial charge on any atom is -0.379 e. The van der Waals surface area contributed by atoms with Crippen LogP contribution in [-0.2, 0) is 11.3 Å². The van der Waals surface area contributed by atoms with E-state index >= 15 is 0 Å². The zero-order valence-corrected chi connectivity index (χ0v) is 18.9. The molecule has 2 aliphatic rings. The van der Waals surface area contributed by atoms with E-state index in [1.807, 2.05) is 18.3 Å². The van der Waals surface area contributed by atoms with Gasteiger partial charge >= 0.3 is 0 Å². The quantitative estimate of drug-likeness (QED) is 0.466. The van der Waals surface area contributed by atoms with E-state index in [1.165, 1.54) is 4.57 Å². The zero-order chi connectivity index (χ0) is 23.2. The molecule has 5 heterocycles. The average Bonchev–Trinajstić information content (AvgIpc) is 3.36. The van der Waals surface area contributed by atoms with Crippen molar-refractivity contribution in [3.8, 4) is 11.1 Å². The maximum absolute atomic E-state index is 13.1. The van der Waals surface area contributed by atoms with Crippen LogP contribution < -0.4 is 5.32 Å². The third-order valence-corrected chi connectivity index (χ3v) is 6.85. The molecule has 11 heteroatoms. The maximum Gasteiger partial charge on any atom is 0.256 e. The number of nitrogens with one attached hydrogen (secondary N) is 1. The number of fused-ring (bicyclic) bond motifs is 2. The topological polar surface area (TPSA) is 85.4 Å². The molecule has 9 nitrogen and oxygen atoms in total. The maximum atomic E-state index is 13.1. The third-order valence-electron chi connectivity index (χ3n) is 6.85. The number of aromatic nitrogens is 6. The van der Waals surface area contributed by atoms with E-state index < -0.39 is 13.0 Å².